The molecule has 0 saturated heterocycles. The van der Waals surface area contributed by atoms with E-state index >= 15 is 0 Å². The largest absolute Gasteiger partial charge is 0.322 e. The Hall–Kier alpha value is -1.94. The molecule has 21 heavy (non-hydrogen) atoms. The first-order chi connectivity index (χ1) is 10.1. The van der Waals surface area contributed by atoms with Crippen LogP contribution >= 0.6 is 0 Å². The summed E-state index contributed by atoms with van der Waals surface area (Å²) in [4.78, 5) is 12.3. The number of carbonyl (C=O) groups excluding carboxylic acids is 1. The summed E-state index contributed by atoms with van der Waals surface area (Å²) in [6.45, 7) is 2.06. The van der Waals surface area contributed by atoms with Crippen LogP contribution in [0.2, 0.25) is 0 Å². The second-order valence-electron chi connectivity index (χ2n) is 4.88. The van der Waals surface area contributed by atoms with Gasteiger partial charge in [-0.1, -0.05) is 37.3 Å². The van der Waals surface area contributed by atoms with Gasteiger partial charge in [0.1, 0.15) is 0 Å². The molecule has 3 nitrogen and oxygen atoms in total. The van der Waals surface area contributed by atoms with Gasteiger partial charge in [-0.25, -0.2) is 0 Å². The van der Waals surface area contributed by atoms with Gasteiger partial charge in [-0.2, -0.15) is 0 Å². The highest BCUT2D eigenvalue weighted by molar-refractivity contribution is 7.83. The van der Waals surface area contributed by atoms with Gasteiger partial charge in [0.25, 0.3) is 5.91 Å². The first-order valence-electron chi connectivity index (χ1n) is 6.88. The molecular formula is C17H19NO2S. The molecule has 0 bridgehead atoms. The molecule has 110 valence electrons. The zero-order valence-corrected chi connectivity index (χ0v) is 13.1. The Labute approximate surface area is 127 Å². The van der Waals surface area contributed by atoms with E-state index in [0.29, 0.717) is 11.3 Å². The van der Waals surface area contributed by atoms with Crippen LogP contribution in [-0.2, 0) is 23.0 Å². The van der Waals surface area contributed by atoms with E-state index in [1.54, 1.807) is 18.4 Å². The first kappa shape index (κ1) is 15.4. The Balaban J connectivity index is 2.18. The summed E-state index contributed by atoms with van der Waals surface area (Å²) in [6.07, 6.45) is 2.52. The maximum atomic E-state index is 12.3. The van der Waals surface area contributed by atoms with E-state index in [1.165, 1.54) is 0 Å². The molecule has 2 rings (SSSR count). The van der Waals surface area contributed by atoms with Crippen LogP contribution in [0.5, 0.6) is 0 Å². The zero-order chi connectivity index (χ0) is 15.2. The van der Waals surface area contributed by atoms with Crippen LogP contribution in [0.1, 0.15) is 28.4 Å². The lowest BCUT2D eigenvalue weighted by Crippen LogP contribution is -2.13. The van der Waals surface area contributed by atoms with E-state index in [9.17, 15) is 9.00 Å². The van der Waals surface area contributed by atoms with Crippen molar-refractivity contribution in [3.05, 3.63) is 65.2 Å². The number of anilines is 1. The standard InChI is InChI=1S/C17H19NO2S/c1-3-14-8-4-5-10-16(14)18-17(19)15-9-6-7-13(11-15)12-21(2)20/h4-11H,3,12H2,1-2H3,(H,18,19). The number of amides is 1. The zero-order valence-electron chi connectivity index (χ0n) is 12.3. The summed E-state index contributed by atoms with van der Waals surface area (Å²) in [5.41, 5.74) is 3.45. The minimum absolute atomic E-state index is 0.139. The number of hydrogen-bond donors (Lipinski definition) is 1. The Morgan fingerprint density at radius 3 is 2.62 bits per heavy atom. The highest BCUT2D eigenvalue weighted by Gasteiger charge is 2.09. The Morgan fingerprint density at radius 2 is 1.90 bits per heavy atom. The topological polar surface area (TPSA) is 46.2 Å². The third-order valence-corrected chi connectivity index (χ3v) is 3.95. The highest BCUT2D eigenvalue weighted by atomic mass is 32.2. The Bertz CT molecular complexity index is 667. The molecule has 0 aromatic heterocycles. The molecule has 1 atom stereocenters. The number of nitrogens with one attached hydrogen (secondary N) is 1. The molecule has 4 heteroatoms. The summed E-state index contributed by atoms with van der Waals surface area (Å²) in [5, 5.41) is 2.94. The van der Waals surface area contributed by atoms with Gasteiger partial charge < -0.3 is 5.32 Å². The molecule has 0 saturated carbocycles. The van der Waals surface area contributed by atoms with Crippen LogP contribution in [-0.4, -0.2) is 16.4 Å². The summed E-state index contributed by atoms with van der Waals surface area (Å²) in [5.74, 6) is 0.326. The van der Waals surface area contributed by atoms with Crippen molar-refractivity contribution in [1.82, 2.24) is 0 Å². The van der Waals surface area contributed by atoms with Crippen molar-refractivity contribution in [2.45, 2.75) is 19.1 Å². The van der Waals surface area contributed by atoms with Gasteiger partial charge in [0.2, 0.25) is 0 Å². The molecule has 2 aromatic carbocycles. The maximum absolute atomic E-state index is 12.3. The normalized spacial score (nSPS) is 11.9. The van der Waals surface area contributed by atoms with Crippen molar-refractivity contribution in [1.29, 1.82) is 0 Å². The van der Waals surface area contributed by atoms with Crippen molar-refractivity contribution in [3.8, 4) is 0 Å². The molecule has 0 fully saturated rings. The van der Waals surface area contributed by atoms with E-state index in [1.807, 2.05) is 36.4 Å². The predicted molar refractivity (Wildman–Crippen MR) is 88.0 cm³/mol. The number of aryl methyl sites for hydroxylation is 1. The van der Waals surface area contributed by atoms with Crippen LogP contribution in [0.4, 0.5) is 5.69 Å². The SMILES string of the molecule is CCc1ccccc1NC(=O)c1cccc(CS(C)=O)c1. The van der Waals surface area contributed by atoms with Gasteiger partial charge in [-0.15, -0.1) is 0 Å². The lowest BCUT2D eigenvalue weighted by atomic mass is 10.1. The molecule has 0 heterocycles. The lowest BCUT2D eigenvalue weighted by Gasteiger charge is -2.10. The fraction of sp³-hybridized carbons (Fsp3) is 0.235. The monoisotopic (exact) mass is 301 g/mol. The van der Waals surface area contributed by atoms with Crippen molar-refractivity contribution >= 4 is 22.4 Å². The van der Waals surface area contributed by atoms with E-state index in [0.717, 1.165) is 23.2 Å². The average Bonchev–Trinajstić information content (AvgIpc) is 2.47. The summed E-state index contributed by atoms with van der Waals surface area (Å²) in [6, 6.07) is 15.1. The van der Waals surface area contributed by atoms with Crippen LogP contribution in [0, 0.1) is 0 Å². The van der Waals surface area contributed by atoms with Crippen LogP contribution in [0.15, 0.2) is 48.5 Å². The lowest BCUT2D eigenvalue weighted by molar-refractivity contribution is 0.102. The number of rotatable bonds is 5. The fourth-order valence-corrected chi connectivity index (χ4v) is 2.83. The second kappa shape index (κ2) is 7.18. The molecular weight excluding hydrogens is 282 g/mol. The van der Waals surface area contributed by atoms with E-state index < -0.39 is 10.8 Å². The smallest absolute Gasteiger partial charge is 0.255 e. The third-order valence-electron chi connectivity index (χ3n) is 3.21. The molecule has 0 radical (unpaired) electrons. The van der Waals surface area contributed by atoms with E-state index in [-0.39, 0.29) is 5.91 Å². The second-order valence-corrected chi connectivity index (χ2v) is 6.32. The minimum Gasteiger partial charge on any atom is -0.322 e. The van der Waals surface area contributed by atoms with Crippen LogP contribution in [0.25, 0.3) is 0 Å². The molecule has 0 spiro atoms. The van der Waals surface area contributed by atoms with Crippen molar-refractivity contribution in [2.24, 2.45) is 0 Å². The third kappa shape index (κ3) is 4.26. The molecule has 1 amide bonds. The maximum Gasteiger partial charge on any atom is 0.255 e. The number of carbonyl (C=O) groups is 1. The van der Waals surface area contributed by atoms with E-state index in [2.05, 4.69) is 12.2 Å². The van der Waals surface area contributed by atoms with Gasteiger partial charge >= 0.3 is 0 Å². The van der Waals surface area contributed by atoms with Gasteiger partial charge in [0.15, 0.2) is 0 Å². The minimum atomic E-state index is -0.913. The Kier molecular flexibility index (Phi) is 5.28. The quantitative estimate of drug-likeness (QED) is 0.920. The molecule has 2 aromatic rings. The number of para-hydroxylation sites is 1. The van der Waals surface area contributed by atoms with Crippen LogP contribution in [0.3, 0.4) is 0 Å². The molecule has 1 N–H and O–H groups in total. The summed E-state index contributed by atoms with van der Waals surface area (Å²) >= 11 is 0. The number of hydrogen-bond acceptors (Lipinski definition) is 2. The van der Waals surface area contributed by atoms with E-state index in [4.69, 9.17) is 0 Å². The summed E-state index contributed by atoms with van der Waals surface area (Å²) in [7, 11) is -0.913. The van der Waals surface area contributed by atoms with Gasteiger partial charge in [-0.05, 0) is 35.7 Å². The average molecular weight is 301 g/mol. The predicted octanol–water partition coefficient (Wildman–Crippen LogP) is 3.38. The van der Waals surface area contributed by atoms with Gasteiger partial charge in [0.05, 0.1) is 0 Å². The molecule has 0 aliphatic rings. The molecule has 1 unspecified atom stereocenters. The van der Waals surface area contributed by atoms with Crippen molar-refractivity contribution in [2.75, 3.05) is 11.6 Å². The molecule has 0 aliphatic heterocycles. The van der Waals surface area contributed by atoms with Crippen molar-refractivity contribution < 1.29 is 9.00 Å². The number of benzene rings is 2. The Morgan fingerprint density at radius 1 is 1.14 bits per heavy atom. The summed E-state index contributed by atoms with van der Waals surface area (Å²) < 4.78 is 11.3. The van der Waals surface area contributed by atoms with Crippen LogP contribution < -0.4 is 5.32 Å². The molecule has 0 aliphatic carbocycles. The van der Waals surface area contributed by atoms with Gasteiger partial charge in [-0.3, -0.25) is 9.00 Å². The van der Waals surface area contributed by atoms with Crippen molar-refractivity contribution in [3.63, 3.8) is 0 Å². The highest BCUT2D eigenvalue weighted by Crippen LogP contribution is 2.17. The fourth-order valence-electron chi connectivity index (χ4n) is 2.18. The first-order valence-corrected chi connectivity index (χ1v) is 8.61. The van der Waals surface area contributed by atoms with Gasteiger partial charge in [0, 0.05) is 34.1 Å².